The average Bonchev–Trinajstić information content (AvgIpc) is 2.73. The second-order valence-electron chi connectivity index (χ2n) is 8.63. The Labute approximate surface area is 223 Å². The summed E-state index contributed by atoms with van der Waals surface area (Å²) in [7, 11) is 10.4. The van der Waals surface area contributed by atoms with Gasteiger partial charge >= 0.3 is 11.9 Å². The summed E-state index contributed by atoms with van der Waals surface area (Å²) >= 11 is 0. The average molecular weight is 535 g/mol. The van der Waals surface area contributed by atoms with Crippen LogP contribution in [0.4, 0.5) is 0 Å². The lowest BCUT2D eigenvalue weighted by Crippen LogP contribution is -3.00. The summed E-state index contributed by atoms with van der Waals surface area (Å²) in [5.41, 5.74) is 1.28. The van der Waals surface area contributed by atoms with Crippen LogP contribution in [0.2, 0.25) is 0 Å². The molecule has 0 saturated heterocycles. The van der Waals surface area contributed by atoms with Gasteiger partial charge in [-0.3, -0.25) is 0 Å². The Morgan fingerprint density at radius 2 is 1.29 bits per heavy atom. The smallest absolute Gasteiger partial charge is 0.330 e. The third-order valence-corrected chi connectivity index (χ3v) is 3.92. The molecule has 10 heteroatoms. The molecule has 35 heavy (non-hydrogen) atoms. The lowest BCUT2D eigenvalue weighted by Gasteiger charge is -2.29. The van der Waals surface area contributed by atoms with Gasteiger partial charge in [-0.25, -0.2) is 9.59 Å². The number of carbonyl (C=O) groups excluding carboxylic acids is 2. The van der Waals surface area contributed by atoms with Gasteiger partial charge in [0.05, 0.1) is 35.2 Å². The second-order valence-corrected chi connectivity index (χ2v) is 8.63. The first-order valence-corrected chi connectivity index (χ1v) is 10.4. The summed E-state index contributed by atoms with van der Waals surface area (Å²) in [4.78, 5) is 21.5. The molecule has 0 bridgehead atoms. The summed E-state index contributed by atoms with van der Waals surface area (Å²) in [6.45, 7) is 13.1. The Hall–Kier alpha value is -2.65. The largest absolute Gasteiger partial charge is 1.00 e. The van der Waals surface area contributed by atoms with Gasteiger partial charge in [0, 0.05) is 17.7 Å². The fraction of sp³-hybridized carbons (Fsp3) is 0.400. The molecule has 1 aromatic carbocycles. The van der Waals surface area contributed by atoms with Gasteiger partial charge in [-0.1, -0.05) is 56.1 Å². The van der Waals surface area contributed by atoms with Crippen molar-refractivity contribution in [2.45, 2.75) is 6.54 Å². The maximum atomic E-state index is 10.9. The van der Waals surface area contributed by atoms with Gasteiger partial charge in [0.15, 0.2) is 0 Å². The highest BCUT2D eigenvalue weighted by Gasteiger charge is 2.16. The Kier molecular flexibility index (Phi) is 24.7. The zero-order chi connectivity index (χ0) is 25.9. The minimum Gasteiger partial charge on any atom is -1.00 e. The molecule has 0 fully saturated rings. The minimum absolute atomic E-state index is 0. The first kappa shape index (κ1) is 39.6. The van der Waals surface area contributed by atoms with E-state index in [0.29, 0.717) is 13.2 Å². The molecule has 1 aromatic rings. The third kappa shape index (κ3) is 29.3. The Morgan fingerprint density at radius 3 is 1.63 bits per heavy atom. The van der Waals surface area contributed by atoms with Crippen molar-refractivity contribution in [1.29, 1.82) is 5.41 Å². The van der Waals surface area contributed by atoms with Crippen molar-refractivity contribution < 1.29 is 45.5 Å². The van der Waals surface area contributed by atoms with Crippen LogP contribution in [0.5, 0.6) is 0 Å². The molecular weight excluding hydrogens is 493 g/mol. The van der Waals surface area contributed by atoms with Gasteiger partial charge in [0.2, 0.25) is 0 Å². The molecule has 1 rings (SSSR count). The molecule has 0 heterocycles. The first-order valence-electron chi connectivity index (χ1n) is 10.4. The molecule has 0 aliphatic heterocycles. The quantitative estimate of drug-likeness (QED) is 0.134. The zero-order valence-corrected chi connectivity index (χ0v) is 23.1. The highest BCUT2D eigenvalue weighted by atomic mass is 35.5. The fourth-order valence-corrected chi connectivity index (χ4v) is 2.09. The molecular formula is C25H41Cl2N3O5. The van der Waals surface area contributed by atoms with E-state index in [4.69, 9.17) is 14.9 Å². The maximum absolute atomic E-state index is 10.9. The Balaban J connectivity index is -0.000000232. The van der Waals surface area contributed by atoms with Crippen molar-refractivity contribution >= 4 is 30.2 Å². The molecule has 0 radical (unpaired) electrons. The van der Waals surface area contributed by atoms with Crippen LogP contribution in [0.1, 0.15) is 5.56 Å². The Bertz CT molecular complexity index is 764. The predicted molar refractivity (Wildman–Crippen MR) is 138 cm³/mol. The van der Waals surface area contributed by atoms with Gasteiger partial charge in [0.25, 0.3) is 0 Å². The number of nitrogens with zero attached hydrogens (tertiary/aromatic N) is 2. The summed E-state index contributed by atoms with van der Waals surface area (Å²) < 4.78 is 11.4. The number of quaternary nitrogens is 2. The topological polar surface area (TPSA) is 99.5 Å². The molecule has 0 amide bonds. The molecule has 0 saturated carbocycles. The number of nitrogens with one attached hydrogen (secondary N) is 1. The number of rotatable bonds is 11. The van der Waals surface area contributed by atoms with E-state index in [9.17, 15) is 14.7 Å². The van der Waals surface area contributed by atoms with Crippen molar-refractivity contribution in [2.75, 3.05) is 61.5 Å². The highest BCUT2D eigenvalue weighted by Crippen LogP contribution is 2.08. The predicted octanol–water partition coefficient (Wildman–Crippen LogP) is -0.650. The summed E-state index contributed by atoms with van der Waals surface area (Å²) in [5.74, 6) is -1.44. The molecule has 200 valence electrons. The van der Waals surface area contributed by atoms with Crippen LogP contribution >= 0.6 is 12.4 Å². The van der Waals surface area contributed by atoms with Crippen molar-refractivity contribution in [3.8, 4) is 0 Å². The number of carbonyl (C=O) groups is 2. The maximum Gasteiger partial charge on any atom is 0.330 e. The normalized spacial score (nSPS) is 9.63. The van der Waals surface area contributed by atoms with Gasteiger partial charge in [0.1, 0.15) is 32.8 Å². The fourth-order valence-electron chi connectivity index (χ4n) is 2.09. The number of esters is 2. The van der Waals surface area contributed by atoms with Gasteiger partial charge in [-0.05, 0) is 5.90 Å². The number of ether oxygens (including phenoxy) is 2. The lowest BCUT2D eigenvalue weighted by atomic mass is 10.2. The van der Waals surface area contributed by atoms with Crippen LogP contribution < -0.4 is 17.5 Å². The van der Waals surface area contributed by atoms with Crippen LogP contribution in [0.15, 0.2) is 68.3 Å². The van der Waals surface area contributed by atoms with E-state index in [-0.39, 0.29) is 36.8 Å². The monoisotopic (exact) mass is 533 g/mol. The molecule has 0 atom stereocenters. The van der Waals surface area contributed by atoms with Gasteiger partial charge in [-0.2, -0.15) is 0 Å². The van der Waals surface area contributed by atoms with E-state index < -0.39 is 5.90 Å². The van der Waals surface area contributed by atoms with Gasteiger partial charge in [-0.15, -0.1) is 12.4 Å². The van der Waals surface area contributed by atoms with Crippen molar-refractivity contribution in [3.63, 3.8) is 0 Å². The van der Waals surface area contributed by atoms with E-state index in [1.165, 1.54) is 17.7 Å². The number of likely N-dealkylation sites (N-methyl/N-ethyl adjacent to an activating group) is 2. The molecule has 0 unspecified atom stereocenters. The zero-order valence-electron chi connectivity index (χ0n) is 21.5. The molecule has 0 aromatic heterocycles. The molecule has 0 aliphatic rings. The van der Waals surface area contributed by atoms with Crippen LogP contribution in [0.3, 0.4) is 0 Å². The number of hydrogen-bond donors (Lipinski definition) is 1. The Morgan fingerprint density at radius 1 is 0.886 bits per heavy atom. The van der Waals surface area contributed by atoms with Crippen LogP contribution in [0.25, 0.3) is 0 Å². The second kappa shape index (κ2) is 21.9. The molecule has 0 aliphatic carbocycles. The summed E-state index contributed by atoms with van der Waals surface area (Å²) in [5, 5.41) is 15.4. The van der Waals surface area contributed by atoms with E-state index >= 15 is 0 Å². The number of hydrogen-bond acceptors (Lipinski definition) is 6. The first-order chi connectivity index (χ1) is 15.3. The van der Waals surface area contributed by atoms with Crippen molar-refractivity contribution in [1.82, 2.24) is 0 Å². The van der Waals surface area contributed by atoms with E-state index in [1.807, 2.05) is 39.3 Å². The SMILES string of the molecule is C=CC(=N)[O-].C=CC(=O)OCC[N+](C)(C)C.C=CC(=O)OCC[N+](C)(C)Cc1ccccc1.Cl.[Cl-]. The standard InChI is InChI=1S/C14H20NO2.C8H16NO2.C3H5NO.2ClH/c1-4-14(16)17-11-10-15(2,3)12-13-8-6-5-7-9-13;1-5-8(10)11-7-6-9(2,3)4;1-2-3(4)5;;/h4-9H,1,10-12H2,2-3H3;5H,1,6-7H2,2-4H3;2H,1H2,(H2,4,5);2*1H/q2*+1;;;/p-2. The number of halogens is 2. The van der Waals surface area contributed by atoms with Crippen LogP contribution in [-0.4, -0.2) is 88.3 Å². The minimum atomic E-state index is -0.731. The van der Waals surface area contributed by atoms with Crippen LogP contribution in [0, 0.1) is 5.41 Å². The van der Waals surface area contributed by atoms with Crippen molar-refractivity contribution in [2.24, 2.45) is 0 Å². The van der Waals surface area contributed by atoms with E-state index in [1.54, 1.807) is 0 Å². The van der Waals surface area contributed by atoms with Gasteiger partial charge < -0.3 is 41.4 Å². The summed E-state index contributed by atoms with van der Waals surface area (Å²) in [6, 6.07) is 10.3. The van der Waals surface area contributed by atoms with E-state index in [0.717, 1.165) is 34.7 Å². The summed E-state index contributed by atoms with van der Waals surface area (Å²) in [6.07, 6.45) is 3.31. The van der Waals surface area contributed by atoms with Crippen LogP contribution in [-0.2, 0) is 25.6 Å². The number of benzene rings is 1. The third-order valence-electron chi connectivity index (χ3n) is 3.92. The molecule has 8 nitrogen and oxygen atoms in total. The van der Waals surface area contributed by atoms with E-state index in [2.05, 4.69) is 46.0 Å². The van der Waals surface area contributed by atoms with Crippen molar-refractivity contribution in [3.05, 3.63) is 73.9 Å². The highest BCUT2D eigenvalue weighted by molar-refractivity contribution is 5.85. The molecule has 1 N–H and O–H groups in total. The lowest BCUT2D eigenvalue weighted by molar-refractivity contribution is -0.903. The molecule has 0 spiro atoms.